The van der Waals surface area contributed by atoms with E-state index in [0.717, 1.165) is 18.5 Å². The smallest absolute Gasteiger partial charge is 0.319 e. The number of carbonyl (C=O) groups excluding carboxylic acids is 1. The number of urea groups is 1. The molecule has 2 aromatic rings. The van der Waals surface area contributed by atoms with Gasteiger partial charge >= 0.3 is 6.03 Å². The lowest BCUT2D eigenvalue weighted by Crippen LogP contribution is -2.32. The molecule has 0 saturated heterocycles. The van der Waals surface area contributed by atoms with Gasteiger partial charge in [-0.25, -0.2) is 4.79 Å². The van der Waals surface area contributed by atoms with E-state index >= 15 is 0 Å². The molecule has 0 saturated carbocycles. The van der Waals surface area contributed by atoms with Crippen LogP contribution in [-0.4, -0.2) is 37.9 Å². The Kier molecular flexibility index (Phi) is 5.63. The third-order valence-electron chi connectivity index (χ3n) is 4.51. The van der Waals surface area contributed by atoms with Gasteiger partial charge in [0.25, 0.3) is 0 Å². The maximum Gasteiger partial charge on any atom is 0.319 e. The first-order valence-electron chi connectivity index (χ1n) is 8.87. The Morgan fingerprint density at radius 2 is 2.12 bits per heavy atom. The van der Waals surface area contributed by atoms with Crippen LogP contribution < -0.4 is 20.3 Å². The minimum atomic E-state index is -0.751. The summed E-state index contributed by atoms with van der Waals surface area (Å²) in [4.78, 5) is 14.3. The molecule has 3 N–H and O–H groups in total. The van der Waals surface area contributed by atoms with Gasteiger partial charge in [0, 0.05) is 25.8 Å². The molecule has 6 heteroatoms. The molecule has 2 aromatic carbocycles. The number of aliphatic hydroxyl groups is 1. The van der Waals surface area contributed by atoms with E-state index in [4.69, 9.17) is 4.74 Å². The Labute approximate surface area is 153 Å². The van der Waals surface area contributed by atoms with Gasteiger partial charge in [-0.05, 0) is 42.7 Å². The molecule has 3 rings (SSSR count). The van der Waals surface area contributed by atoms with E-state index < -0.39 is 6.10 Å². The second-order valence-corrected chi connectivity index (χ2v) is 6.34. The quantitative estimate of drug-likeness (QED) is 0.745. The van der Waals surface area contributed by atoms with Gasteiger partial charge in [-0.15, -0.1) is 0 Å². The highest BCUT2D eigenvalue weighted by Crippen LogP contribution is 2.29. The molecule has 1 heterocycles. The summed E-state index contributed by atoms with van der Waals surface area (Å²) >= 11 is 0. The summed E-state index contributed by atoms with van der Waals surface area (Å²) in [5.74, 6) is 0.619. The van der Waals surface area contributed by atoms with E-state index in [-0.39, 0.29) is 12.6 Å². The van der Waals surface area contributed by atoms with Gasteiger partial charge in [0.15, 0.2) is 0 Å². The van der Waals surface area contributed by atoms with Gasteiger partial charge < -0.3 is 25.4 Å². The van der Waals surface area contributed by atoms with Crippen molar-refractivity contribution >= 4 is 17.4 Å². The zero-order valence-corrected chi connectivity index (χ0v) is 15.2. The highest BCUT2D eigenvalue weighted by Gasteiger charge is 2.18. The first kappa shape index (κ1) is 18.1. The predicted molar refractivity (Wildman–Crippen MR) is 103 cm³/mol. The molecule has 0 fully saturated rings. The molecular weight excluding hydrogens is 330 g/mol. The first-order valence-corrected chi connectivity index (χ1v) is 8.87. The third-order valence-corrected chi connectivity index (χ3v) is 4.51. The van der Waals surface area contributed by atoms with Crippen LogP contribution in [-0.2, 0) is 6.42 Å². The summed E-state index contributed by atoms with van der Waals surface area (Å²) in [5.41, 5.74) is 3.86. The fourth-order valence-electron chi connectivity index (χ4n) is 3.12. The summed E-state index contributed by atoms with van der Waals surface area (Å²) < 4.78 is 5.49. The number of amides is 2. The van der Waals surface area contributed by atoms with Crippen LogP contribution >= 0.6 is 0 Å². The normalized spacial score (nSPS) is 13.9. The number of anilines is 2. The Morgan fingerprint density at radius 3 is 2.92 bits per heavy atom. The van der Waals surface area contributed by atoms with Crippen molar-refractivity contribution in [1.29, 1.82) is 0 Å². The first-order chi connectivity index (χ1) is 12.6. The molecule has 1 aliphatic heterocycles. The van der Waals surface area contributed by atoms with E-state index in [0.29, 0.717) is 18.0 Å². The van der Waals surface area contributed by atoms with Crippen molar-refractivity contribution in [2.24, 2.45) is 0 Å². The number of aliphatic hydroxyl groups excluding tert-OH is 1. The minimum absolute atomic E-state index is 0.136. The van der Waals surface area contributed by atoms with E-state index in [9.17, 15) is 9.90 Å². The Bertz CT molecular complexity index is 779. The van der Waals surface area contributed by atoms with Crippen LogP contribution in [0.5, 0.6) is 5.75 Å². The van der Waals surface area contributed by atoms with Crippen LogP contribution in [0.2, 0.25) is 0 Å². The van der Waals surface area contributed by atoms with Crippen molar-refractivity contribution < 1.29 is 14.6 Å². The molecule has 1 aliphatic rings. The number of nitrogens with one attached hydrogen (secondary N) is 2. The lowest BCUT2D eigenvalue weighted by Gasteiger charge is -2.16. The maximum absolute atomic E-state index is 12.1. The van der Waals surface area contributed by atoms with Gasteiger partial charge in [-0.3, -0.25) is 0 Å². The molecule has 0 bridgehead atoms. The van der Waals surface area contributed by atoms with Crippen LogP contribution in [0.25, 0.3) is 0 Å². The molecule has 1 unspecified atom stereocenters. The molecule has 26 heavy (non-hydrogen) atoms. The van der Waals surface area contributed by atoms with Gasteiger partial charge in [-0.2, -0.15) is 0 Å². The fraction of sp³-hybridized carbons (Fsp3) is 0.350. The fourth-order valence-corrected chi connectivity index (χ4v) is 3.12. The highest BCUT2D eigenvalue weighted by atomic mass is 16.5. The van der Waals surface area contributed by atoms with E-state index in [1.807, 2.05) is 37.3 Å². The molecule has 0 aromatic heterocycles. The molecule has 138 valence electrons. The van der Waals surface area contributed by atoms with Crippen LogP contribution in [0.15, 0.2) is 42.5 Å². The van der Waals surface area contributed by atoms with Crippen LogP contribution in [0.4, 0.5) is 16.2 Å². The summed E-state index contributed by atoms with van der Waals surface area (Å²) in [7, 11) is 2.06. The second kappa shape index (κ2) is 8.10. The molecular formula is C20H25N3O3. The van der Waals surface area contributed by atoms with Crippen LogP contribution in [0, 0.1) is 0 Å². The second-order valence-electron chi connectivity index (χ2n) is 6.34. The number of hydrogen-bond donors (Lipinski definition) is 3. The van der Waals surface area contributed by atoms with Crippen LogP contribution in [0.1, 0.15) is 24.2 Å². The number of rotatable bonds is 6. The summed E-state index contributed by atoms with van der Waals surface area (Å²) in [6.07, 6.45) is 0.230. The number of ether oxygens (including phenoxy) is 1. The van der Waals surface area contributed by atoms with Gasteiger partial charge in [0.2, 0.25) is 0 Å². The van der Waals surface area contributed by atoms with Crippen molar-refractivity contribution in [2.75, 3.05) is 37.0 Å². The molecule has 0 radical (unpaired) electrons. The van der Waals surface area contributed by atoms with Gasteiger partial charge in [0.1, 0.15) is 5.75 Å². The molecule has 1 atom stereocenters. The number of para-hydroxylation sites is 2. The Hall–Kier alpha value is -2.73. The standard InChI is InChI=1S/C20H25N3O3/c1-3-26-19-7-5-4-6-16(19)22-20(25)21-13-18(24)15-8-9-17-14(12-15)10-11-23(17)2/h4-9,12,18,24H,3,10-11,13H2,1-2H3,(H2,21,22,25). The predicted octanol–water partition coefficient (Wildman–Crippen LogP) is 2.93. The summed E-state index contributed by atoms with van der Waals surface area (Å²) in [6, 6.07) is 12.8. The minimum Gasteiger partial charge on any atom is -0.492 e. The zero-order valence-electron chi connectivity index (χ0n) is 15.2. The molecule has 2 amide bonds. The maximum atomic E-state index is 12.1. The zero-order chi connectivity index (χ0) is 18.5. The molecule has 6 nitrogen and oxygen atoms in total. The number of benzene rings is 2. The van der Waals surface area contributed by atoms with E-state index in [1.54, 1.807) is 12.1 Å². The van der Waals surface area contributed by atoms with Crippen molar-refractivity contribution in [3.8, 4) is 5.75 Å². The highest BCUT2D eigenvalue weighted by molar-refractivity contribution is 5.90. The Balaban J connectivity index is 1.56. The van der Waals surface area contributed by atoms with E-state index in [2.05, 4.69) is 22.6 Å². The lowest BCUT2D eigenvalue weighted by atomic mass is 10.0. The number of hydrogen-bond acceptors (Lipinski definition) is 4. The van der Waals surface area contributed by atoms with Crippen molar-refractivity contribution in [3.63, 3.8) is 0 Å². The van der Waals surface area contributed by atoms with Crippen molar-refractivity contribution in [2.45, 2.75) is 19.4 Å². The van der Waals surface area contributed by atoms with Gasteiger partial charge in [0.05, 0.1) is 18.4 Å². The number of likely N-dealkylation sites (N-methyl/N-ethyl adjacent to an activating group) is 1. The van der Waals surface area contributed by atoms with Crippen molar-refractivity contribution in [1.82, 2.24) is 5.32 Å². The largest absolute Gasteiger partial charge is 0.492 e. The number of carbonyl (C=O) groups is 1. The summed E-state index contributed by atoms with van der Waals surface area (Å²) in [6.45, 7) is 3.54. The molecule has 0 spiro atoms. The SMILES string of the molecule is CCOc1ccccc1NC(=O)NCC(O)c1ccc2c(c1)CCN2C. The average Bonchev–Trinajstić information content (AvgIpc) is 3.02. The lowest BCUT2D eigenvalue weighted by molar-refractivity contribution is 0.175. The summed E-state index contributed by atoms with van der Waals surface area (Å²) in [5, 5.41) is 15.9. The topological polar surface area (TPSA) is 73.8 Å². The molecule has 0 aliphatic carbocycles. The van der Waals surface area contributed by atoms with Crippen LogP contribution in [0.3, 0.4) is 0 Å². The Morgan fingerprint density at radius 1 is 1.31 bits per heavy atom. The third kappa shape index (κ3) is 4.08. The van der Waals surface area contributed by atoms with Gasteiger partial charge in [-0.1, -0.05) is 24.3 Å². The average molecular weight is 355 g/mol. The number of nitrogens with zero attached hydrogens (tertiary/aromatic N) is 1. The monoisotopic (exact) mass is 355 g/mol. The van der Waals surface area contributed by atoms with E-state index in [1.165, 1.54) is 11.3 Å². The number of fused-ring (bicyclic) bond motifs is 1. The van der Waals surface area contributed by atoms with Crippen molar-refractivity contribution in [3.05, 3.63) is 53.6 Å².